The highest BCUT2D eigenvalue weighted by molar-refractivity contribution is 5.73. The number of nitrogens with zero attached hydrogens (tertiary/aromatic N) is 3. The molecule has 0 amide bonds. The van der Waals surface area contributed by atoms with Gasteiger partial charge in [0.2, 0.25) is 0 Å². The van der Waals surface area contributed by atoms with E-state index in [1.807, 2.05) is 12.1 Å². The molecule has 0 radical (unpaired) electrons. The molecule has 1 aromatic carbocycles. The predicted molar refractivity (Wildman–Crippen MR) is 63.3 cm³/mol. The molecule has 84 valence electrons. The van der Waals surface area contributed by atoms with Gasteiger partial charge in [0.25, 0.3) is 0 Å². The summed E-state index contributed by atoms with van der Waals surface area (Å²) in [5.41, 5.74) is 2.16. The Balaban J connectivity index is 1.97. The summed E-state index contributed by atoms with van der Waals surface area (Å²) in [4.78, 5) is 0. The zero-order valence-electron chi connectivity index (χ0n) is 9.26. The van der Waals surface area contributed by atoms with E-state index in [9.17, 15) is 0 Å². The van der Waals surface area contributed by atoms with E-state index in [1.54, 1.807) is 0 Å². The van der Waals surface area contributed by atoms with Crippen LogP contribution in [-0.4, -0.2) is 28.1 Å². The maximum Gasteiger partial charge on any atom is 0.113 e. The Morgan fingerprint density at radius 2 is 2.12 bits per heavy atom. The number of nitrogens with one attached hydrogen (secondary N) is 1. The van der Waals surface area contributed by atoms with Crippen LogP contribution in [0.2, 0.25) is 0 Å². The molecule has 16 heavy (non-hydrogen) atoms. The number of rotatable bonds is 1. The second kappa shape index (κ2) is 4.22. The minimum Gasteiger partial charge on any atom is -0.317 e. The minimum absolute atomic E-state index is 0.502. The molecule has 1 aromatic heterocycles. The first-order valence-electron chi connectivity index (χ1n) is 5.96. The Hall–Kier alpha value is -1.42. The van der Waals surface area contributed by atoms with Gasteiger partial charge in [-0.05, 0) is 44.5 Å². The van der Waals surface area contributed by atoms with E-state index in [2.05, 4.69) is 32.4 Å². The first-order chi connectivity index (χ1) is 7.95. The molecule has 3 rings (SSSR count). The van der Waals surface area contributed by atoms with E-state index in [1.165, 1.54) is 12.8 Å². The van der Waals surface area contributed by atoms with Crippen LogP contribution in [0.4, 0.5) is 0 Å². The van der Waals surface area contributed by atoms with Crippen molar-refractivity contribution in [2.45, 2.75) is 25.3 Å². The number of fused-ring (bicyclic) bond motifs is 1. The monoisotopic (exact) mass is 216 g/mol. The van der Waals surface area contributed by atoms with Gasteiger partial charge in [-0.2, -0.15) is 0 Å². The molecule has 0 bridgehead atoms. The maximum atomic E-state index is 4.30. The number of benzene rings is 1. The van der Waals surface area contributed by atoms with Crippen LogP contribution in [0.1, 0.15) is 25.3 Å². The Morgan fingerprint density at radius 1 is 1.19 bits per heavy atom. The van der Waals surface area contributed by atoms with Crippen molar-refractivity contribution in [3.8, 4) is 0 Å². The lowest BCUT2D eigenvalue weighted by Gasteiger charge is -2.14. The topological polar surface area (TPSA) is 42.7 Å². The Bertz CT molecular complexity index is 469. The highest BCUT2D eigenvalue weighted by atomic mass is 15.4. The van der Waals surface area contributed by atoms with Gasteiger partial charge in [0.1, 0.15) is 5.52 Å². The summed E-state index contributed by atoms with van der Waals surface area (Å²) in [6.07, 6.45) is 3.56. The Kier molecular flexibility index (Phi) is 2.58. The summed E-state index contributed by atoms with van der Waals surface area (Å²) in [5.74, 6) is 0. The van der Waals surface area contributed by atoms with Crippen molar-refractivity contribution in [3.05, 3.63) is 24.3 Å². The van der Waals surface area contributed by atoms with Gasteiger partial charge < -0.3 is 5.32 Å². The molecule has 0 spiro atoms. The second-order valence-electron chi connectivity index (χ2n) is 4.36. The van der Waals surface area contributed by atoms with Crippen LogP contribution >= 0.6 is 0 Å². The molecule has 4 heteroatoms. The first-order valence-corrected chi connectivity index (χ1v) is 5.96. The van der Waals surface area contributed by atoms with Crippen LogP contribution in [0, 0.1) is 0 Å². The fourth-order valence-electron chi connectivity index (χ4n) is 2.40. The average Bonchev–Trinajstić information content (AvgIpc) is 2.57. The smallest absolute Gasteiger partial charge is 0.113 e. The lowest BCUT2D eigenvalue weighted by Crippen LogP contribution is -2.15. The minimum atomic E-state index is 0.502. The summed E-state index contributed by atoms with van der Waals surface area (Å²) < 4.78 is 2.10. The van der Waals surface area contributed by atoms with Gasteiger partial charge >= 0.3 is 0 Å². The second-order valence-corrected chi connectivity index (χ2v) is 4.36. The molecule has 0 saturated carbocycles. The van der Waals surface area contributed by atoms with Gasteiger partial charge in [-0.25, -0.2) is 4.68 Å². The standard InChI is InChI=1S/C12H16N4/c1-2-6-12-11(5-1)14-15-16(12)10-4-3-8-13-9-7-10/h1-2,5-6,10,13H,3-4,7-9H2. The highest BCUT2D eigenvalue weighted by Gasteiger charge is 2.16. The van der Waals surface area contributed by atoms with Crippen LogP contribution in [0.5, 0.6) is 0 Å². The number of aromatic nitrogens is 3. The summed E-state index contributed by atoms with van der Waals surface area (Å²) in [6.45, 7) is 2.21. The van der Waals surface area contributed by atoms with Crippen molar-refractivity contribution in [1.29, 1.82) is 0 Å². The van der Waals surface area contributed by atoms with Crippen LogP contribution < -0.4 is 5.32 Å². The molecule has 0 aliphatic carbocycles. The molecule has 1 fully saturated rings. The molecular weight excluding hydrogens is 200 g/mol. The van der Waals surface area contributed by atoms with Gasteiger partial charge in [0, 0.05) is 0 Å². The van der Waals surface area contributed by atoms with E-state index in [-0.39, 0.29) is 0 Å². The third kappa shape index (κ3) is 1.69. The largest absolute Gasteiger partial charge is 0.317 e. The molecule has 4 nitrogen and oxygen atoms in total. The highest BCUT2D eigenvalue weighted by Crippen LogP contribution is 2.22. The van der Waals surface area contributed by atoms with Crippen molar-refractivity contribution in [3.63, 3.8) is 0 Å². The molecule has 1 aliphatic heterocycles. The molecule has 1 saturated heterocycles. The van der Waals surface area contributed by atoms with Crippen LogP contribution in [0.3, 0.4) is 0 Å². The van der Waals surface area contributed by atoms with E-state index in [4.69, 9.17) is 0 Å². The van der Waals surface area contributed by atoms with E-state index < -0.39 is 0 Å². The molecule has 1 N–H and O–H groups in total. The van der Waals surface area contributed by atoms with Gasteiger partial charge in [-0.3, -0.25) is 0 Å². The van der Waals surface area contributed by atoms with Crippen molar-refractivity contribution >= 4 is 11.0 Å². The van der Waals surface area contributed by atoms with Gasteiger partial charge in [0.15, 0.2) is 0 Å². The number of hydrogen-bond donors (Lipinski definition) is 1. The van der Waals surface area contributed by atoms with Crippen LogP contribution in [0.25, 0.3) is 11.0 Å². The first kappa shape index (κ1) is 9.78. The van der Waals surface area contributed by atoms with Crippen molar-refractivity contribution in [2.24, 2.45) is 0 Å². The van der Waals surface area contributed by atoms with Crippen molar-refractivity contribution in [2.75, 3.05) is 13.1 Å². The third-order valence-electron chi connectivity index (χ3n) is 3.27. The van der Waals surface area contributed by atoms with Crippen molar-refractivity contribution in [1.82, 2.24) is 20.3 Å². The van der Waals surface area contributed by atoms with Gasteiger partial charge in [-0.1, -0.05) is 17.3 Å². The zero-order chi connectivity index (χ0) is 10.8. The summed E-state index contributed by atoms with van der Waals surface area (Å²) >= 11 is 0. The average molecular weight is 216 g/mol. The summed E-state index contributed by atoms with van der Waals surface area (Å²) in [5, 5.41) is 11.9. The number of para-hydroxylation sites is 1. The molecule has 1 aliphatic rings. The quantitative estimate of drug-likeness (QED) is 0.789. The van der Waals surface area contributed by atoms with E-state index in [0.29, 0.717) is 6.04 Å². The Labute approximate surface area is 94.6 Å². The molecule has 2 aromatic rings. The lowest BCUT2D eigenvalue weighted by atomic mass is 10.1. The summed E-state index contributed by atoms with van der Waals surface area (Å²) in [7, 11) is 0. The van der Waals surface area contributed by atoms with Crippen LogP contribution in [0.15, 0.2) is 24.3 Å². The molecule has 2 heterocycles. The van der Waals surface area contributed by atoms with Gasteiger partial charge in [0.05, 0.1) is 11.6 Å². The molecule has 1 atom stereocenters. The van der Waals surface area contributed by atoms with E-state index >= 15 is 0 Å². The Morgan fingerprint density at radius 3 is 3.12 bits per heavy atom. The summed E-state index contributed by atoms with van der Waals surface area (Å²) in [6, 6.07) is 8.69. The zero-order valence-corrected chi connectivity index (χ0v) is 9.26. The fourth-order valence-corrected chi connectivity index (χ4v) is 2.40. The van der Waals surface area contributed by atoms with Gasteiger partial charge in [-0.15, -0.1) is 5.10 Å². The molecular formula is C12H16N4. The SMILES string of the molecule is c1ccc2c(c1)nnn2C1CCCNCC1. The van der Waals surface area contributed by atoms with E-state index in [0.717, 1.165) is 30.5 Å². The van der Waals surface area contributed by atoms with Crippen molar-refractivity contribution < 1.29 is 0 Å². The van der Waals surface area contributed by atoms with Crippen LogP contribution in [-0.2, 0) is 0 Å². The maximum absolute atomic E-state index is 4.30. The predicted octanol–water partition coefficient (Wildman–Crippen LogP) is 1.75. The lowest BCUT2D eigenvalue weighted by molar-refractivity contribution is 0.416. The third-order valence-corrected chi connectivity index (χ3v) is 3.27. The molecule has 1 unspecified atom stereocenters. The fraction of sp³-hybridized carbons (Fsp3) is 0.500. The number of hydrogen-bond acceptors (Lipinski definition) is 3. The normalized spacial score (nSPS) is 22.1.